The lowest BCUT2D eigenvalue weighted by molar-refractivity contribution is 0.0931. The van der Waals surface area contributed by atoms with Gasteiger partial charge in [0.25, 0.3) is 10.1 Å². The van der Waals surface area contributed by atoms with E-state index >= 15 is 0 Å². The summed E-state index contributed by atoms with van der Waals surface area (Å²) in [6.07, 6.45) is 1.17. The molecule has 0 fully saturated rings. The third-order valence-electron chi connectivity index (χ3n) is 15.6. The van der Waals surface area contributed by atoms with Gasteiger partial charge in [-0.1, -0.05) is 12.1 Å². The number of nitrogens with one attached hydrogen (secondary N) is 4. The average Bonchev–Trinajstić information content (AvgIpc) is 1.55. The second kappa shape index (κ2) is 28.0. The van der Waals surface area contributed by atoms with E-state index in [1.807, 2.05) is 0 Å². The van der Waals surface area contributed by atoms with Crippen LogP contribution in [0.1, 0.15) is 47.5 Å². The molecule has 4 aliphatic heterocycles. The van der Waals surface area contributed by atoms with Crippen LogP contribution in [0.25, 0.3) is 21.5 Å². The highest BCUT2D eigenvalue weighted by atomic mass is 32.2. The lowest BCUT2D eigenvalue weighted by atomic mass is 10.1. The summed E-state index contributed by atoms with van der Waals surface area (Å²) in [7, 11) is -25.0. The number of sulfonamides is 2. The Hall–Kier alpha value is -8.58. The molecule has 8 heterocycles. The minimum absolute atomic E-state index is 0.00367. The van der Waals surface area contributed by atoms with Crippen molar-refractivity contribution in [3.8, 4) is 0 Å². The van der Waals surface area contributed by atoms with Gasteiger partial charge in [-0.3, -0.25) is 18.7 Å². The number of anilines is 3. The Labute approximate surface area is 561 Å². The summed E-state index contributed by atoms with van der Waals surface area (Å²) >= 11 is 0. The van der Waals surface area contributed by atoms with Gasteiger partial charge in [-0.05, 0) is 105 Å². The van der Waals surface area contributed by atoms with E-state index in [9.17, 15) is 55.1 Å². The van der Waals surface area contributed by atoms with E-state index in [0.717, 1.165) is 0 Å². The van der Waals surface area contributed by atoms with Crippen molar-refractivity contribution in [1.82, 2.24) is 38.5 Å². The molecule has 8 aromatic rings. The Kier molecular flexibility index (Phi) is 19.8. The molecule has 6 bridgehead atoms. The first kappa shape index (κ1) is 69.3. The highest BCUT2D eigenvalue weighted by Crippen LogP contribution is 2.42. The fraction of sp³-hybridized carbons (Fsp3) is 0.322. The fourth-order valence-corrected chi connectivity index (χ4v) is 18.3. The van der Waals surface area contributed by atoms with Crippen LogP contribution in [0, 0.1) is 6.92 Å². The number of sulfone groups is 3. The maximum Gasteiger partial charge on any atom is 0.296 e. The third-order valence-corrected chi connectivity index (χ3v) is 24.9. The number of hydrogen-bond donors (Lipinski definition) is 7. The molecule has 4 aromatic carbocycles. The molecular weight excluding hydrogens is 1400 g/mol. The Morgan fingerprint density at radius 3 is 1.92 bits per heavy atom. The number of aromatic nitrogens is 6. The summed E-state index contributed by atoms with van der Waals surface area (Å²) in [5.41, 5.74) is 1.59. The summed E-state index contributed by atoms with van der Waals surface area (Å²) < 4.78 is 190. The first-order valence-electron chi connectivity index (χ1n) is 30.2. The van der Waals surface area contributed by atoms with Gasteiger partial charge in [0.05, 0.1) is 82.2 Å². The number of nitrogens with zero attached hydrogens (tertiary/aromatic N) is 12. The minimum atomic E-state index is -4.63. The maximum absolute atomic E-state index is 14.4. The molecule has 98 heavy (non-hydrogen) atoms. The smallest absolute Gasteiger partial charge is 0.296 e. The van der Waals surface area contributed by atoms with Gasteiger partial charge < -0.3 is 30.3 Å². The van der Waals surface area contributed by atoms with Crippen LogP contribution < -0.4 is 31.1 Å². The summed E-state index contributed by atoms with van der Waals surface area (Å²) in [5, 5.41) is 24.9. The molecule has 0 radical (unpaired) electrons. The second-order valence-corrected chi connectivity index (χ2v) is 34.1. The second-order valence-electron chi connectivity index (χ2n) is 22.5. The van der Waals surface area contributed by atoms with Gasteiger partial charge in [0.15, 0.2) is 43.0 Å². The number of rotatable bonds is 31. The van der Waals surface area contributed by atoms with Crippen LogP contribution in [0.3, 0.4) is 0 Å². The number of fused-ring (bicyclic) bond motifs is 14. The summed E-state index contributed by atoms with van der Waals surface area (Å²) in [4.78, 5) is 46.5. The van der Waals surface area contributed by atoms with Crippen molar-refractivity contribution in [2.24, 2.45) is 30.0 Å². The normalized spacial score (nSPS) is 14.4. The topological polar surface area (TPSA) is 468 Å². The monoisotopic (exact) mass is 1460 g/mol. The average molecular weight is 1460 g/mol. The largest absolute Gasteiger partial charge is 0.394 e. The molecule has 33 nitrogen and oxygen atoms in total. The lowest BCUT2D eigenvalue weighted by Crippen LogP contribution is -2.33. The van der Waals surface area contributed by atoms with Crippen LogP contribution in [-0.2, 0) is 75.8 Å². The SMILES string of the molecule is Cc1nc(NCCNS(=O)(=O)c2ccc3c4n5c(c3c2)N=c2c3ccc(S(=O)(=O)CCCS(=O)(=O)NCCOCCO)cc3c(n2C5)=NC2=NC(=NC3=NC(=N4)c4cc(S(=O)(=O)CCCS(=O)(=O)CCCOCCO)ccc43)c3ncccc32)nc(Nc2ccccc2S(=O)(=O)O)n1. The summed E-state index contributed by atoms with van der Waals surface area (Å²) in [6.45, 7) is 0.651. The Balaban J connectivity index is 0.931. The van der Waals surface area contributed by atoms with Gasteiger partial charge in [-0.15, -0.1) is 0 Å². The molecule has 0 amide bonds. The number of para-hydroxylation sites is 1. The molecule has 0 spiro atoms. The predicted molar refractivity (Wildman–Crippen MR) is 360 cm³/mol. The molecule has 7 N–H and O–H groups in total. The molecule has 4 aliphatic rings. The van der Waals surface area contributed by atoms with Crippen molar-refractivity contribution < 1.29 is 74.7 Å². The van der Waals surface area contributed by atoms with Gasteiger partial charge in [0.2, 0.25) is 31.9 Å². The number of aryl methyl sites for hydroxylation is 1. The molecule has 516 valence electrons. The zero-order valence-corrected chi connectivity index (χ0v) is 56.7. The van der Waals surface area contributed by atoms with E-state index in [2.05, 4.69) is 40.0 Å². The standard InChI is InChI=1S/C59H62N16O17S6/c1-36-64-58(73-59(65-36)66-47-9-2-3-10-48(47)98(88,89)90)61-18-19-63-97(86,87)39-13-16-41-46(34-39)57-72-55-42-15-12-38(95(82,83)30-7-31-96(84,85)62-20-24-92-26-22-77)33-45(42)56-70-51-43-8-4-17-60-49(43)53(69-51)68-50-40-14-11-37(32-44(40)52(67-50)71-54(41)74(57)35-75(55)56)94(80,81)29-6-28-93(78,79)27-5-23-91-25-21-76/h2-4,8-17,32-34,62-63,76-77H,5-7,18-31,35H2,1H3,(H,88,89,90)(H2,61,64,65,66,73). The number of pyridine rings is 1. The maximum atomic E-state index is 14.4. The molecule has 0 atom stereocenters. The molecule has 4 aromatic heterocycles. The first-order chi connectivity index (χ1) is 46.7. The van der Waals surface area contributed by atoms with E-state index in [0.29, 0.717) is 21.9 Å². The van der Waals surface area contributed by atoms with Crippen LogP contribution >= 0.6 is 0 Å². The van der Waals surface area contributed by atoms with Gasteiger partial charge >= 0.3 is 0 Å². The number of ether oxygens (including phenoxy) is 2. The van der Waals surface area contributed by atoms with E-state index in [-0.39, 0.29) is 197 Å². The molecular formula is C59H62N16O17S6. The van der Waals surface area contributed by atoms with Crippen molar-refractivity contribution in [3.05, 3.63) is 136 Å². The molecule has 12 rings (SSSR count). The third kappa shape index (κ3) is 15.0. The number of benzene rings is 4. The van der Waals surface area contributed by atoms with Crippen LogP contribution in [-0.4, -0.2) is 206 Å². The molecule has 0 saturated carbocycles. The summed E-state index contributed by atoms with van der Waals surface area (Å²) in [6, 6.07) is 21.7. The van der Waals surface area contributed by atoms with Gasteiger partial charge in [-0.2, -0.15) is 23.4 Å². The number of aliphatic hydroxyl groups is 2. The van der Waals surface area contributed by atoms with Crippen LogP contribution in [0.15, 0.2) is 147 Å². The van der Waals surface area contributed by atoms with Crippen molar-refractivity contribution in [3.63, 3.8) is 0 Å². The number of aliphatic hydroxyl groups excluding tert-OH is 2. The lowest BCUT2D eigenvalue weighted by Gasteiger charge is -2.15. The number of amidine groups is 4. The molecule has 0 aliphatic carbocycles. The first-order valence-corrected chi connectivity index (χ1v) is 39.9. The molecule has 0 saturated heterocycles. The van der Waals surface area contributed by atoms with Crippen molar-refractivity contribution in [1.29, 1.82) is 0 Å². The van der Waals surface area contributed by atoms with Crippen molar-refractivity contribution >= 4 is 134 Å². The van der Waals surface area contributed by atoms with Gasteiger partial charge in [-0.25, -0.2) is 81.5 Å². The van der Waals surface area contributed by atoms with Crippen molar-refractivity contribution in [2.45, 2.75) is 52.4 Å². The Morgan fingerprint density at radius 1 is 0.510 bits per heavy atom. The highest BCUT2D eigenvalue weighted by molar-refractivity contribution is 7.92. The Morgan fingerprint density at radius 2 is 1.14 bits per heavy atom. The van der Waals surface area contributed by atoms with Gasteiger partial charge in [0.1, 0.15) is 55.5 Å². The molecule has 0 unspecified atom stereocenters. The summed E-state index contributed by atoms with van der Waals surface area (Å²) in [5.74, 6) is -1.75. The highest BCUT2D eigenvalue weighted by Gasteiger charge is 2.33. The quantitative estimate of drug-likeness (QED) is 0.0238. The fourth-order valence-electron chi connectivity index (χ4n) is 11.1. The van der Waals surface area contributed by atoms with Crippen LogP contribution in [0.4, 0.5) is 29.2 Å². The van der Waals surface area contributed by atoms with E-state index in [1.54, 1.807) is 28.2 Å². The molecule has 39 heteroatoms. The zero-order valence-electron chi connectivity index (χ0n) is 51.8. The van der Waals surface area contributed by atoms with E-state index in [1.165, 1.54) is 85.1 Å². The van der Waals surface area contributed by atoms with Crippen LogP contribution in [0.2, 0.25) is 0 Å². The Bertz CT molecular complexity index is 5550. The number of hydrogen-bond acceptors (Lipinski definition) is 28. The number of aliphatic imine (C=N–C) groups is 4. The van der Waals surface area contributed by atoms with E-state index in [4.69, 9.17) is 49.6 Å². The van der Waals surface area contributed by atoms with Crippen LogP contribution in [0.5, 0.6) is 0 Å². The van der Waals surface area contributed by atoms with Gasteiger partial charge in [0, 0.05) is 70.7 Å². The minimum Gasteiger partial charge on any atom is -0.394 e. The van der Waals surface area contributed by atoms with E-state index < -0.39 is 87.6 Å². The predicted octanol–water partition coefficient (Wildman–Crippen LogP) is 1.38. The zero-order chi connectivity index (χ0) is 69.4. The van der Waals surface area contributed by atoms with Crippen molar-refractivity contribution in [2.75, 3.05) is 98.7 Å².